The van der Waals surface area contributed by atoms with Gasteiger partial charge < -0.3 is 5.32 Å². The van der Waals surface area contributed by atoms with Crippen LogP contribution in [0.3, 0.4) is 0 Å². The summed E-state index contributed by atoms with van der Waals surface area (Å²) in [6.07, 6.45) is 0. The summed E-state index contributed by atoms with van der Waals surface area (Å²) in [5, 5.41) is 9.53. The van der Waals surface area contributed by atoms with Crippen molar-refractivity contribution in [2.75, 3.05) is 5.32 Å². The van der Waals surface area contributed by atoms with Crippen LogP contribution in [0.15, 0.2) is 60.0 Å². The Morgan fingerprint density at radius 3 is 2.43 bits per heavy atom. The molecule has 0 unspecified atom stereocenters. The lowest BCUT2D eigenvalue weighted by molar-refractivity contribution is 0.102. The highest BCUT2D eigenvalue weighted by Crippen LogP contribution is 2.28. The number of pyridine rings is 1. The molecule has 0 saturated heterocycles. The zero-order valence-electron chi connectivity index (χ0n) is 14.1. The number of carbonyl (C=O) groups is 1. The number of thiophene rings is 1. The second-order valence-corrected chi connectivity index (χ2v) is 7.46. The predicted molar refractivity (Wildman–Crippen MR) is 109 cm³/mol. The van der Waals surface area contributed by atoms with Crippen LogP contribution < -0.4 is 5.32 Å². The fourth-order valence-electron chi connectivity index (χ4n) is 2.58. The Morgan fingerprint density at radius 1 is 1.07 bits per heavy atom. The van der Waals surface area contributed by atoms with E-state index in [1.807, 2.05) is 17.5 Å². The zero-order chi connectivity index (χ0) is 19.7. The average molecular weight is 433 g/mol. The molecule has 0 atom stereocenters. The van der Waals surface area contributed by atoms with E-state index < -0.39 is 5.91 Å². The molecule has 0 aliphatic carbocycles. The lowest BCUT2D eigenvalue weighted by Gasteiger charge is -2.09. The van der Waals surface area contributed by atoms with E-state index in [-0.39, 0.29) is 21.7 Å². The van der Waals surface area contributed by atoms with Gasteiger partial charge in [-0.1, -0.05) is 29.3 Å². The van der Waals surface area contributed by atoms with Gasteiger partial charge in [-0.3, -0.25) is 4.79 Å². The molecule has 1 aromatic carbocycles. The molecule has 0 saturated carbocycles. The van der Waals surface area contributed by atoms with Crippen molar-refractivity contribution in [3.05, 3.63) is 81.7 Å². The van der Waals surface area contributed by atoms with Gasteiger partial charge in [0, 0.05) is 11.6 Å². The van der Waals surface area contributed by atoms with Crippen LogP contribution in [-0.4, -0.2) is 20.7 Å². The molecule has 0 aliphatic rings. The van der Waals surface area contributed by atoms with E-state index in [1.165, 1.54) is 40.3 Å². The number of amides is 1. The minimum absolute atomic E-state index is 0.115. The van der Waals surface area contributed by atoms with Gasteiger partial charge >= 0.3 is 0 Å². The number of nitrogens with one attached hydrogen (secondary N) is 1. The summed E-state index contributed by atoms with van der Waals surface area (Å²) in [4.78, 5) is 17.5. The third kappa shape index (κ3) is 3.91. The van der Waals surface area contributed by atoms with Crippen molar-refractivity contribution in [2.45, 2.75) is 0 Å². The molecule has 0 bridgehead atoms. The van der Waals surface area contributed by atoms with Crippen molar-refractivity contribution in [2.24, 2.45) is 0 Å². The molecule has 3 aromatic heterocycles. The van der Waals surface area contributed by atoms with Crippen molar-refractivity contribution in [1.29, 1.82) is 0 Å². The third-order valence-corrected chi connectivity index (χ3v) is 5.10. The van der Waals surface area contributed by atoms with E-state index in [1.54, 1.807) is 18.2 Å². The van der Waals surface area contributed by atoms with Crippen LogP contribution in [0.25, 0.3) is 16.3 Å². The number of benzene rings is 1. The second kappa shape index (κ2) is 7.71. The first-order valence-electron chi connectivity index (χ1n) is 8.04. The van der Waals surface area contributed by atoms with Crippen LogP contribution >= 0.6 is 34.5 Å². The van der Waals surface area contributed by atoms with Crippen molar-refractivity contribution >= 4 is 46.3 Å². The summed E-state index contributed by atoms with van der Waals surface area (Å²) < 4.78 is 14.8. The molecule has 28 heavy (non-hydrogen) atoms. The van der Waals surface area contributed by atoms with Crippen LogP contribution in [0.4, 0.5) is 10.2 Å². The summed E-state index contributed by atoms with van der Waals surface area (Å²) in [7, 11) is 0. The number of aromatic nitrogens is 3. The molecule has 1 amide bonds. The van der Waals surface area contributed by atoms with Crippen LogP contribution in [0.1, 0.15) is 10.4 Å². The van der Waals surface area contributed by atoms with Gasteiger partial charge in [0.25, 0.3) is 5.91 Å². The van der Waals surface area contributed by atoms with E-state index in [0.29, 0.717) is 17.2 Å². The van der Waals surface area contributed by atoms with Gasteiger partial charge in [-0.05, 0) is 47.8 Å². The van der Waals surface area contributed by atoms with E-state index in [0.717, 1.165) is 4.88 Å². The van der Waals surface area contributed by atoms with Crippen LogP contribution in [0.2, 0.25) is 10.3 Å². The summed E-state index contributed by atoms with van der Waals surface area (Å²) >= 11 is 13.3. The summed E-state index contributed by atoms with van der Waals surface area (Å²) in [5.41, 5.74) is 1.54. The average Bonchev–Trinajstić information content (AvgIpc) is 3.31. The highest BCUT2D eigenvalue weighted by molar-refractivity contribution is 7.13. The van der Waals surface area contributed by atoms with Gasteiger partial charge in [0.1, 0.15) is 27.6 Å². The maximum absolute atomic E-state index is 13.3. The Labute approximate surface area is 173 Å². The number of nitrogens with zero attached hydrogens (tertiary/aromatic N) is 3. The molecule has 4 rings (SSSR count). The number of hydrogen-bond acceptors (Lipinski definition) is 4. The number of carbonyl (C=O) groups excluding carboxylic acids is 1. The van der Waals surface area contributed by atoms with Gasteiger partial charge in [-0.15, -0.1) is 11.3 Å². The Bertz CT molecular complexity index is 1120. The van der Waals surface area contributed by atoms with Gasteiger partial charge in [0.2, 0.25) is 0 Å². The van der Waals surface area contributed by atoms with Crippen molar-refractivity contribution < 1.29 is 9.18 Å². The van der Waals surface area contributed by atoms with Gasteiger partial charge in [0.15, 0.2) is 0 Å². The molecule has 0 aliphatic heterocycles. The molecular formula is C19H11Cl2FN4OS. The highest BCUT2D eigenvalue weighted by atomic mass is 35.5. The SMILES string of the molecule is O=C(Nc1cc(-c2cccs2)nn1-c1ccc(F)cc1)c1cc(Cl)nc(Cl)c1. The lowest BCUT2D eigenvalue weighted by atomic mass is 10.2. The molecule has 9 heteroatoms. The Hall–Kier alpha value is -2.74. The fraction of sp³-hybridized carbons (Fsp3) is 0. The molecule has 3 heterocycles. The fourth-order valence-corrected chi connectivity index (χ4v) is 3.72. The van der Waals surface area contributed by atoms with Gasteiger partial charge in [-0.2, -0.15) is 5.10 Å². The highest BCUT2D eigenvalue weighted by Gasteiger charge is 2.16. The summed E-state index contributed by atoms with van der Waals surface area (Å²) in [6, 6.07) is 14.2. The minimum Gasteiger partial charge on any atom is -0.306 e. The molecule has 0 radical (unpaired) electrons. The van der Waals surface area contributed by atoms with E-state index in [2.05, 4.69) is 15.4 Å². The van der Waals surface area contributed by atoms with E-state index in [9.17, 15) is 9.18 Å². The molecular weight excluding hydrogens is 422 g/mol. The predicted octanol–water partition coefficient (Wildman–Crippen LogP) is 5.69. The van der Waals surface area contributed by atoms with Crippen LogP contribution in [0.5, 0.6) is 0 Å². The molecule has 5 nitrogen and oxygen atoms in total. The van der Waals surface area contributed by atoms with Crippen LogP contribution in [0, 0.1) is 5.82 Å². The maximum Gasteiger partial charge on any atom is 0.257 e. The number of rotatable bonds is 4. The minimum atomic E-state index is -0.424. The van der Waals surface area contributed by atoms with E-state index in [4.69, 9.17) is 23.2 Å². The molecule has 140 valence electrons. The molecule has 0 fully saturated rings. The Kier molecular flexibility index (Phi) is 5.13. The van der Waals surface area contributed by atoms with Gasteiger partial charge in [0.05, 0.1) is 10.6 Å². The third-order valence-electron chi connectivity index (χ3n) is 3.82. The van der Waals surface area contributed by atoms with Crippen LogP contribution in [-0.2, 0) is 0 Å². The monoisotopic (exact) mass is 432 g/mol. The number of anilines is 1. The zero-order valence-corrected chi connectivity index (χ0v) is 16.4. The maximum atomic E-state index is 13.3. The van der Waals surface area contributed by atoms with Gasteiger partial charge in [-0.25, -0.2) is 14.1 Å². The Morgan fingerprint density at radius 2 is 1.79 bits per heavy atom. The molecule has 0 spiro atoms. The summed E-state index contributed by atoms with van der Waals surface area (Å²) in [5.74, 6) is -0.364. The van der Waals surface area contributed by atoms with Crippen molar-refractivity contribution in [1.82, 2.24) is 14.8 Å². The number of halogens is 3. The first kappa shape index (κ1) is 18.6. The largest absolute Gasteiger partial charge is 0.306 e. The van der Waals surface area contributed by atoms with E-state index >= 15 is 0 Å². The lowest BCUT2D eigenvalue weighted by Crippen LogP contribution is -2.15. The number of hydrogen-bond donors (Lipinski definition) is 1. The first-order valence-corrected chi connectivity index (χ1v) is 9.67. The molecule has 4 aromatic rings. The second-order valence-electron chi connectivity index (χ2n) is 5.74. The Balaban J connectivity index is 1.74. The first-order chi connectivity index (χ1) is 13.5. The quantitative estimate of drug-likeness (QED) is 0.421. The topological polar surface area (TPSA) is 59.8 Å². The molecule has 1 N–H and O–H groups in total. The normalized spacial score (nSPS) is 10.8. The standard InChI is InChI=1S/C19H11Cl2FN4OS/c20-16-8-11(9-17(21)23-16)19(27)24-18-10-14(15-2-1-7-28-15)25-26(18)13-5-3-12(22)4-6-13/h1-10H,(H,24,27). The summed E-state index contributed by atoms with van der Waals surface area (Å²) in [6.45, 7) is 0. The smallest absolute Gasteiger partial charge is 0.257 e. The van der Waals surface area contributed by atoms with Crippen molar-refractivity contribution in [3.8, 4) is 16.3 Å². The van der Waals surface area contributed by atoms with Crippen molar-refractivity contribution in [3.63, 3.8) is 0 Å².